The number of aryl methyl sites for hydroxylation is 1. The highest BCUT2D eigenvalue weighted by molar-refractivity contribution is 6.35. The van der Waals surface area contributed by atoms with Gasteiger partial charge >= 0.3 is 0 Å². The molecule has 0 aliphatic carbocycles. The van der Waals surface area contributed by atoms with Gasteiger partial charge in [0, 0.05) is 28.7 Å². The van der Waals surface area contributed by atoms with Crippen molar-refractivity contribution in [2.24, 2.45) is 7.05 Å². The second-order valence-electron chi connectivity index (χ2n) is 6.15. The van der Waals surface area contributed by atoms with Gasteiger partial charge in [0.2, 0.25) is 0 Å². The van der Waals surface area contributed by atoms with Crippen LogP contribution in [-0.2, 0) is 7.05 Å². The standard InChI is InChI=1S/C22H17ClN2O2/c1-25-20-9-5-8-19(23)18(20)14-21(25)22(26)24-15-10-12-17(13-11-15)27-16-6-3-2-4-7-16/h2-14H,1H3,(H,24,26). The first-order valence-electron chi connectivity index (χ1n) is 8.50. The lowest BCUT2D eigenvalue weighted by molar-refractivity contribution is 0.101. The second kappa shape index (κ2) is 7.17. The van der Waals surface area contributed by atoms with Gasteiger partial charge in [-0.1, -0.05) is 35.9 Å². The van der Waals surface area contributed by atoms with E-state index in [4.69, 9.17) is 16.3 Å². The third-order valence-electron chi connectivity index (χ3n) is 4.36. The Morgan fingerprint density at radius 3 is 2.33 bits per heavy atom. The Labute approximate surface area is 162 Å². The van der Waals surface area contributed by atoms with E-state index in [-0.39, 0.29) is 5.91 Å². The quantitative estimate of drug-likeness (QED) is 0.483. The molecule has 0 spiro atoms. The number of ether oxygens (including phenoxy) is 1. The van der Waals surface area contributed by atoms with Crippen LogP contribution in [0.1, 0.15) is 10.5 Å². The Bertz CT molecular complexity index is 1100. The van der Waals surface area contributed by atoms with Crippen LogP contribution < -0.4 is 10.1 Å². The molecule has 1 aromatic heterocycles. The van der Waals surface area contributed by atoms with Crippen molar-refractivity contribution in [2.45, 2.75) is 0 Å². The number of benzene rings is 3. The topological polar surface area (TPSA) is 43.3 Å². The highest BCUT2D eigenvalue weighted by Crippen LogP contribution is 2.27. The number of aromatic nitrogens is 1. The second-order valence-corrected chi connectivity index (χ2v) is 6.56. The molecule has 27 heavy (non-hydrogen) atoms. The number of carbonyl (C=O) groups is 1. The molecule has 4 rings (SSSR count). The summed E-state index contributed by atoms with van der Waals surface area (Å²) in [6, 6.07) is 24.2. The summed E-state index contributed by atoms with van der Waals surface area (Å²) in [6.07, 6.45) is 0. The average molecular weight is 377 g/mol. The van der Waals surface area contributed by atoms with E-state index in [1.165, 1.54) is 0 Å². The van der Waals surface area contributed by atoms with Gasteiger partial charge in [0.05, 0.1) is 0 Å². The summed E-state index contributed by atoms with van der Waals surface area (Å²) in [7, 11) is 1.85. The highest BCUT2D eigenvalue weighted by Gasteiger charge is 2.15. The molecule has 0 aliphatic rings. The summed E-state index contributed by atoms with van der Waals surface area (Å²) < 4.78 is 7.60. The van der Waals surface area contributed by atoms with Crippen LogP contribution in [0.2, 0.25) is 5.02 Å². The van der Waals surface area contributed by atoms with Crippen LogP contribution in [0.25, 0.3) is 10.9 Å². The maximum atomic E-state index is 12.7. The zero-order valence-corrected chi connectivity index (χ0v) is 15.4. The van der Waals surface area contributed by atoms with Crippen LogP contribution in [0.3, 0.4) is 0 Å². The Morgan fingerprint density at radius 1 is 0.926 bits per heavy atom. The van der Waals surface area contributed by atoms with E-state index < -0.39 is 0 Å². The molecule has 0 atom stereocenters. The van der Waals surface area contributed by atoms with Crippen molar-refractivity contribution in [3.8, 4) is 11.5 Å². The van der Waals surface area contributed by atoms with Crippen LogP contribution in [0.5, 0.6) is 11.5 Å². The molecule has 0 aliphatic heterocycles. The van der Waals surface area contributed by atoms with Gasteiger partial charge in [0.1, 0.15) is 17.2 Å². The number of hydrogen-bond acceptors (Lipinski definition) is 2. The number of hydrogen-bond donors (Lipinski definition) is 1. The Balaban J connectivity index is 1.51. The predicted octanol–water partition coefficient (Wildman–Crippen LogP) is 5.88. The van der Waals surface area contributed by atoms with E-state index >= 15 is 0 Å². The van der Waals surface area contributed by atoms with Crippen molar-refractivity contribution in [3.05, 3.63) is 89.6 Å². The van der Waals surface area contributed by atoms with E-state index in [2.05, 4.69) is 5.32 Å². The van der Waals surface area contributed by atoms with E-state index in [1.54, 1.807) is 6.07 Å². The summed E-state index contributed by atoms with van der Waals surface area (Å²) in [6.45, 7) is 0. The monoisotopic (exact) mass is 376 g/mol. The first-order valence-corrected chi connectivity index (χ1v) is 8.88. The van der Waals surface area contributed by atoms with Gasteiger partial charge in [-0.3, -0.25) is 4.79 Å². The maximum absolute atomic E-state index is 12.7. The number of carbonyl (C=O) groups excluding carboxylic acids is 1. The molecule has 0 saturated heterocycles. The lowest BCUT2D eigenvalue weighted by Crippen LogP contribution is -2.15. The maximum Gasteiger partial charge on any atom is 0.272 e. The first kappa shape index (κ1) is 17.2. The van der Waals surface area contributed by atoms with Gasteiger partial charge in [-0.25, -0.2) is 0 Å². The molecule has 0 fully saturated rings. The predicted molar refractivity (Wildman–Crippen MR) is 109 cm³/mol. The number of halogens is 1. The van der Waals surface area contributed by atoms with Crippen LogP contribution in [-0.4, -0.2) is 10.5 Å². The van der Waals surface area contributed by atoms with Gasteiger partial charge in [0.25, 0.3) is 5.91 Å². The van der Waals surface area contributed by atoms with Gasteiger partial charge in [-0.2, -0.15) is 0 Å². The lowest BCUT2D eigenvalue weighted by Gasteiger charge is -2.09. The molecule has 0 bridgehead atoms. The first-order chi connectivity index (χ1) is 13.1. The fourth-order valence-corrected chi connectivity index (χ4v) is 3.19. The number of nitrogens with zero attached hydrogens (tertiary/aromatic N) is 1. The molecule has 0 saturated carbocycles. The van der Waals surface area contributed by atoms with Crippen molar-refractivity contribution in [3.63, 3.8) is 0 Å². The van der Waals surface area contributed by atoms with Gasteiger partial charge in [-0.05, 0) is 54.6 Å². The number of fused-ring (bicyclic) bond motifs is 1. The van der Waals surface area contributed by atoms with Crippen molar-refractivity contribution in [1.82, 2.24) is 4.57 Å². The van der Waals surface area contributed by atoms with E-state index in [0.29, 0.717) is 22.2 Å². The third-order valence-corrected chi connectivity index (χ3v) is 4.69. The van der Waals surface area contributed by atoms with E-state index in [9.17, 15) is 4.79 Å². The van der Waals surface area contributed by atoms with Crippen molar-refractivity contribution < 1.29 is 9.53 Å². The van der Waals surface area contributed by atoms with E-state index in [0.717, 1.165) is 16.7 Å². The summed E-state index contributed by atoms with van der Waals surface area (Å²) >= 11 is 6.23. The number of amides is 1. The minimum atomic E-state index is -0.193. The molecule has 5 heteroatoms. The van der Waals surface area contributed by atoms with Gasteiger partial charge < -0.3 is 14.6 Å². The third kappa shape index (κ3) is 3.52. The van der Waals surface area contributed by atoms with Crippen LogP contribution in [0.15, 0.2) is 78.9 Å². The molecule has 4 aromatic rings. The van der Waals surface area contributed by atoms with Crippen LogP contribution >= 0.6 is 11.6 Å². The average Bonchev–Trinajstić information content (AvgIpc) is 3.03. The SMILES string of the molecule is Cn1c(C(=O)Nc2ccc(Oc3ccccc3)cc2)cc2c(Cl)cccc21. The number of anilines is 1. The van der Waals surface area contributed by atoms with Crippen molar-refractivity contribution in [1.29, 1.82) is 0 Å². The number of rotatable bonds is 4. The van der Waals surface area contributed by atoms with Crippen molar-refractivity contribution >= 4 is 34.1 Å². The normalized spacial score (nSPS) is 10.7. The fourth-order valence-electron chi connectivity index (χ4n) is 2.97. The number of nitrogens with one attached hydrogen (secondary N) is 1. The molecular formula is C22H17ClN2O2. The zero-order valence-electron chi connectivity index (χ0n) is 14.6. The van der Waals surface area contributed by atoms with Crippen LogP contribution in [0, 0.1) is 0 Å². The zero-order chi connectivity index (χ0) is 18.8. The smallest absolute Gasteiger partial charge is 0.272 e. The van der Waals surface area contributed by atoms with Crippen LogP contribution in [0.4, 0.5) is 5.69 Å². The Kier molecular flexibility index (Phi) is 4.57. The van der Waals surface area contributed by atoms with Crippen molar-refractivity contribution in [2.75, 3.05) is 5.32 Å². The lowest BCUT2D eigenvalue weighted by atomic mass is 10.2. The summed E-state index contributed by atoms with van der Waals surface area (Å²) in [5, 5.41) is 4.40. The Hall–Kier alpha value is -3.24. The molecule has 1 heterocycles. The molecule has 1 amide bonds. The molecule has 4 nitrogen and oxygen atoms in total. The number of para-hydroxylation sites is 1. The summed E-state index contributed by atoms with van der Waals surface area (Å²) in [4.78, 5) is 12.7. The summed E-state index contributed by atoms with van der Waals surface area (Å²) in [5.41, 5.74) is 2.15. The minimum absolute atomic E-state index is 0.193. The molecule has 0 unspecified atom stereocenters. The molecular weight excluding hydrogens is 360 g/mol. The highest BCUT2D eigenvalue weighted by atomic mass is 35.5. The van der Waals surface area contributed by atoms with Gasteiger partial charge in [-0.15, -0.1) is 0 Å². The van der Waals surface area contributed by atoms with E-state index in [1.807, 2.05) is 84.4 Å². The molecule has 134 valence electrons. The molecule has 0 radical (unpaired) electrons. The largest absolute Gasteiger partial charge is 0.457 e. The Morgan fingerprint density at radius 2 is 1.63 bits per heavy atom. The molecule has 3 aromatic carbocycles. The minimum Gasteiger partial charge on any atom is -0.457 e. The molecule has 1 N–H and O–H groups in total. The van der Waals surface area contributed by atoms with Gasteiger partial charge in [0.15, 0.2) is 0 Å². The summed E-state index contributed by atoms with van der Waals surface area (Å²) in [5.74, 6) is 1.28. The fraction of sp³-hybridized carbons (Fsp3) is 0.0455.